The summed E-state index contributed by atoms with van der Waals surface area (Å²) >= 11 is 0. The van der Waals surface area contributed by atoms with E-state index in [-0.39, 0.29) is 50.2 Å². The summed E-state index contributed by atoms with van der Waals surface area (Å²) < 4.78 is 49.2. The number of pyridine rings is 1. The van der Waals surface area contributed by atoms with Gasteiger partial charge in [0, 0.05) is 44.1 Å². The highest BCUT2D eigenvalue weighted by molar-refractivity contribution is 5.79. The Labute approximate surface area is 246 Å². The summed E-state index contributed by atoms with van der Waals surface area (Å²) in [6, 6.07) is 15.3. The highest BCUT2D eigenvalue weighted by Crippen LogP contribution is 2.40. The average molecular weight is 593 g/mol. The van der Waals surface area contributed by atoms with Crippen molar-refractivity contribution in [1.29, 1.82) is 0 Å². The van der Waals surface area contributed by atoms with Gasteiger partial charge in [-0.3, -0.25) is 4.79 Å². The van der Waals surface area contributed by atoms with Crippen LogP contribution in [0.2, 0.25) is 0 Å². The highest BCUT2D eigenvalue weighted by atomic mass is 19.4. The topological polar surface area (TPSA) is 83.8 Å². The number of anilines is 1. The Kier molecular flexibility index (Phi) is 7.68. The van der Waals surface area contributed by atoms with Crippen LogP contribution in [0.1, 0.15) is 29.2 Å². The molecule has 2 aliphatic heterocycles. The summed E-state index contributed by atoms with van der Waals surface area (Å²) in [4.78, 5) is 40.1. The Morgan fingerprint density at radius 1 is 0.977 bits per heavy atom. The van der Waals surface area contributed by atoms with Gasteiger partial charge in [-0.1, -0.05) is 30.3 Å². The summed E-state index contributed by atoms with van der Waals surface area (Å²) in [5.74, 6) is -0.0844. The van der Waals surface area contributed by atoms with E-state index in [0.29, 0.717) is 42.0 Å². The number of nitrogens with zero attached hydrogens (tertiary/aromatic N) is 6. The number of halogens is 3. The molecule has 2 aromatic carbocycles. The molecule has 0 saturated carbocycles. The first-order chi connectivity index (χ1) is 20.7. The molecule has 12 heteroatoms. The number of benzene rings is 2. The number of carbonyl (C=O) groups excluding carboxylic acids is 2. The third-order valence-corrected chi connectivity index (χ3v) is 8.12. The number of aromatic nitrogens is 3. The fraction of sp³-hybridized carbons (Fsp3) is 0.355. The second-order valence-corrected chi connectivity index (χ2v) is 10.9. The zero-order valence-electron chi connectivity index (χ0n) is 23.6. The molecule has 2 aromatic heterocycles. The molecule has 9 nitrogen and oxygen atoms in total. The molecule has 4 aromatic rings. The summed E-state index contributed by atoms with van der Waals surface area (Å²) in [5.41, 5.74) is 2.82. The predicted octanol–water partition coefficient (Wildman–Crippen LogP) is 4.88. The fourth-order valence-corrected chi connectivity index (χ4v) is 5.98. The van der Waals surface area contributed by atoms with Crippen LogP contribution in [0.25, 0.3) is 11.2 Å². The van der Waals surface area contributed by atoms with Gasteiger partial charge in [0.15, 0.2) is 5.65 Å². The molecular formula is C31H31F3N6O3. The quantitative estimate of drug-likeness (QED) is 0.329. The van der Waals surface area contributed by atoms with Crippen molar-refractivity contribution in [2.24, 2.45) is 0 Å². The molecule has 2 aliphatic rings. The zero-order chi connectivity index (χ0) is 30.1. The first-order valence-electron chi connectivity index (χ1n) is 14.2. The van der Waals surface area contributed by atoms with E-state index in [1.54, 1.807) is 28.1 Å². The van der Waals surface area contributed by atoms with Crippen molar-refractivity contribution in [2.45, 2.75) is 45.3 Å². The monoisotopic (exact) mass is 592 g/mol. The van der Waals surface area contributed by atoms with E-state index in [1.807, 2.05) is 48.2 Å². The number of alkyl halides is 3. The van der Waals surface area contributed by atoms with E-state index in [1.165, 1.54) is 11.0 Å². The maximum Gasteiger partial charge on any atom is 0.416 e. The van der Waals surface area contributed by atoms with E-state index < -0.39 is 17.8 Å². The number of carbonyl (C=O) groups is 2. The summed E-state index contributed by atoms with van der Waals surface area (Å²) in [6.45, 7) is 3.52. The molecule has 0 unspecified atom stereocenters. The number of rotatable bonds is 5. The Balaban J connectivity index is 1.19. The molecule has 0 radical (unpaired) electrons. The van der Waals surface area contributed by atoms with Crippen molar-refractivity contribution in [1.82, 2.24) is 24.3 Å². The van der Waals surface area contributed by atoms with E-state index in [9.17, 15) is 22.8 Å². The van der Waals surface area contributed by atoms with Gasteiger partial charge in [-0.15, -0.1) is 0 Å². The number of imidazole rings is 1. The van der Waals surface area contributed by atoms with Gasteiger partial charge >= 0.3 is 12.3 Å². The Morgan fingerprint density at radius 3 is 2.56 bits per heavy atom. The fourth-order valence-electron chi connectivity index (χ4n) is 5.98. The number of fused-ring (bicyclic) bond motifs is 2. The molecule has 4 heterocycles. The lowest BCUT2D eigenvalue weighted by Crippen LogP contribution is -2.55. The van der Waals surface area contributed by atoms with Crippen molar-refractivity contribution in [3.63, 3.8) is 0 Å². The molecule has 0 aliphatic carbocycles. The van der Waals surface area contributed by atoms with E-state index >= 15 is 0 Å². The van der Waals surface area contributed by atoms with Crippen LogP contribution in [0.3, 0.4) is 0 Å². The van der Waals surface area contributed by atoms with Gasteiger partial charge in [0.2, 0.25) is 5.91 Å². The molecule has 1 saturated heterocycles. The lowest BCUT2D eigenvalue weighted by atomic mass is 9.91. The van der Waals surface area contributed by atoms with Crippen LogP contribution in [0.5, 0.6) is 0 Å². The maximum absolute atomic E-state index is 14.0. The molecule has 1 fully saturated rings. The lowest BCUT2D eigenvalue weighted by molar-refractivity contribution is -0.138. The maximum atomic E-state index is 14.0. The van der Waals surface area contributed by atoms with Gasteiger partial charge in [-0.25, -0.2) is 14.8 Å². The van der Waals surface area contributed by atoms with Gasteiger partial charge in [0.1, 0.15) is 18.7 Å². The van der Waals surface area contributed by atoms with Gasteiger partial charge in [0.05, 0.1) is 18.4 Å². The summed E-state index contributed by atoms with van der Waals surface area (Å²) in [6.07, 6.45) is -1.76. The summed E-state index contributed by atoms with van der Waals surface area (Å²) in [7, 11) is 0. The van der Waals surface area contributed by atoms with Crippen LogP contribution in [-0.2, 0) is 41.8 Å². The van der Waals surface area contributed by atoms with Crippen molar-refractivity contribution in [3.8, 4) is 0 Å². The van der Waals surface area contributed by atoms with Crippen LogP contribution in [0.4, 0.5) is 23.7 Å². The van der Waals surface area contributed by atoms with Crippen LogP contribution in [-0.4, -0.2) is 68.6 Å². The molecule has 0 spiro atoms. The Bertz CT molecular complexity index is 1640. The SMILES string of the molecule is C[C@@H]1CN(c2ccc(C(F)(F)F)c3c2CN(C(=O)OCc2ccccc2)CC3)CCN1C(=O)Cn1cnc2cccnc21. The zero-order valence-corrected chi connectivity index (χ0v) is 23.6. The van der Waals surface area contributed by atoms with Crippen molar-refractivity contribution in [2.75, 3.05) is 31.1 Å². The molecular weight excluding hydrogens is 561 g/mol. The first kappa shape index (κ1) is 28.5. The van der Waals surface area contributed by atoms with Crippen molar-refractivity contribution < 1.29 is 27.5 Å². The highest BCUT2D eigenvalue weighted by Gasteiger charge is 2.38. The number of hydrogen-bond acceptors (Lipinski definition) is 6. The van der Waals surface area contributed by atoms with Crippen LogP contribution < -0.4 is 4.90 Å². The number of amides is 2. The molecule has 2 amide bonds. The third kappa shape index (κ3) is 5.86. The van der Waals surface area contributed by atoms with Gasteiger partial charge < -0.3 is 24.0 Å². The van der Waals surface area contributed by atoms with Crippen molar-refractivity contribution >= 4 is 28.9 Å². The molecule has 6 rings (SSSR count). The first-order valence-corrected chi connectivity index (χ1v) is 14.2. The smallest absolute Gasteiger partial charge is 0.416 e. The molecule has 0 N–H and O–H groups in total. The lowest BCUT2D eigenvalue weighted by Gasteiger charge is -2.43. The minimum atomic E-state index is -4.51. The predicted molar refractivity (Wildman–Crippen MR) is 153 cm³/mol. The van der Waals surface area contributed by atoms with Gasteiger partial charge in [0.25, 0.3) is 0 Å². The van der Waals surface area contributed by atoms with E-state index in [4.69, 9.17) is 4.74 Å². The third-order valence-electron chi connectivity index (χ3n) is 8.12. The van der Waals surface area contributed by atoms with E-state index in [2.05, 4.69) is 9.97 Å². The minimum Gasteiger partial charge on any atom is -0.445 e. The second-order valence-electron chi connectivity index (χ2n) is 10.9. The second kappa shape index (κ2) is 11.6. The van der Waals surface area contributed by atoms with Crippen LogP contribution in [0.15, 0.2) is 67.1 Å². The van der Waals surface area contributed by atoms with Gasteiger partial charge in [-0.05, 0) is 54.3 Å². The molecule has 224 valence electrons. The number of piperazine rings is 1. The van der Waals surface area contributed by atoms with Crippen LogP contribution >= 0.6 is 0 Å². The van der Waals surface area contributed by atoms with Crippen molar-refractivity contribution in [3.05, 3.63) is 89.4 Å². The standard InChI is InChI=1S/C31H31F3N6O3/c1-21-16-37(14-15-40(21)28(41)18-39-20-36-26-8-5-12-35-29(26)39)27-10-9-25(31(32,33)34)23-11-13-38(17-24(23)27)30(42)43-19-22-6-3-2-4-7-22/h2-10,12,20-21H,11,13-19H2,1H3/t21-/m1/s1. The minimum absolute atomic E-state index is 0.0104. The van der Waals surface area contributed by atoms with Crippen LogP contribution in [0, 0.1) is 0 Å². The number of hydrogen-bond donors (Lipinski definition) is 0. The Hall–Kier alpha value is -4.61. The molecule has 43 heavy (non-hydrogen) atoms. The summed E-state index contributed by atoms with van der Waals surface area (Å²) in [5, 5.41) is 0. The molecule has 0 bridgehead atoms. The average Bonchev–Trinajstić information content (AvgIpc) is 3.41. The largest absolute Gasteiger partial charge is 0.445 e. The van der Waals surface area contributed by atoms with E-state index in [0.717, 1.165) is 11.6 Å². The molecule has 1 atom stereocenters. The Morgan fingerprint density at radius 2 is 1.79 bits per heavy atom. The number of ether oxygens (including phenoxy) is 1. The normalized spacial score (nSPS) is 17.2. The van der Waals surface area contributed by atoms with Gasteiger partial charge in [-0.2, -0.15) is 13.2 Å².